The fourth-order valence-corrected chi connectivity index (χ4v) is 3.20. The van der Waals surface area contributed by atoms with E-state index in [9.17, 15) is 14.0 Å². The van der Waals surface area contributed by atoms with Gasteiger partial charge >= 0.3 is 0 Å². The number of halogens is 1. The molecule has 2 aromatic rings. The molecule has 4 rings (SSSR count). The van der Waals surface area contributed by atoms with Gasteiger partial charge in [0.15, 0.2) is 0 Å². The first-order valence-electron chi connectivity index (χ1n) is 8.47. The van der Waals surface area contributed by atoms with Crippen molar-refractivity contribution in [3.05, 3.63) is 69.7 Å². The van der Waals surface area contributed by atoms with E-state index in [0.29, 0.717) is 30.0 Å². The van der Waals surface area contributed by atoms with Gasteiger partial charge in [0, 0.05) is 41.1 Å². The summed E-state index contributed by atoms with van der Waals surface area (Å²) in [4.78, 5) is 30.5. The summed E-state index contributed by atoms with van der Waals surface area (Å²) in [5, 5.41) is 2.89. The Bertz CT molecular complexity index is 898. The van der Waals surface area contributed by atoms with E-state index in [1.807, 2.05) is 18.2 Å². The first kappa shape index (κ1) is 15.7. The van der Waals surface area contributed by atoms with Gasteiger partial charge < -0.3 is 10.3 Å². The number of amides is 1. The first-order valence-corrected chi connectivity index (χ1v) is 8.47. The summed E-state index contributed by atoms with van der Waals surface area (Å²) in [5.41, 5.74) is 2.80. The Hall–Kier alpha value is -2.76. The molecule has 0 spiro atoms. The van der Waals surface area contributed by atoms with Crippen molar-refractivity contribution in [1.29, 1.82) is 0 Å². The number of hydrogen-bond acceptors (Lipinski definition) is 3. The molecule has 2 fully saturated rings. The van der Waals surface area contributed by atoms with Gasteiger partial charge in [-0.25, -0.2) is 4.98 Å². The maximum Gasteiger partial charge on any atom is 0.251 e. The summed E-state index contributed by atoms with van der Waals surface area (Å²) in [5.74, 6) is -0.183. The zero-order valence-corrected chi connectivity index (χ0v) is 13.6. The largest absolute Gasteiger partial charge is 0.350 e. The Kier molecular flexibility index (Phi) is 3.95. The number of rotatable bonds is 4. The highest BCUT2D eigenvalue weighted by molar-refractivity contribution is 5.82. The second kappa shape index (κ2) is 6.27. The van der Waals surface area contributed by atoms with Crippen molar-refractivity contribution in [2.45, 2.75) is 37.6 Å². The van der Waals surface area contributed by atoms with Gasteiger partial charge in [0.1, 0.15) is 0 Å². The van der Waals surface area contributed by atoms with Crippen LogP contribution in [0.1, 0.15) is 48.4 Å². The standard InChI is InChI=1S/C19H18FN3O2/c20-17-7-3-12(10-21-17)15(9-13-4-8-18(24)22-13)16-6-5-14(11-1-2-11)19(25)23-16/h3,5-7,9-11,13H,1-2,4,8H2,(H,22,24)(H,23,25)/t13-/m1/s1. The zero-order chi connectivity index (χ0) is 17.4. The molecule has 0 aromatic carbocycles. The minimum atomic E-state index is -0.560. The van der Waals surface area contributed by atoms with E-state index in [1.165, 1.54) is 12.3 Å². The van der Waals surface area contributed by atoms with Crippen molar-refractivity contribution >= 4 is 11.5 Å². The number of carbonyl (C=O) groups is 1. The Labute approximate surface area is 144 Å². The van der Waals surface area contributed by atoms with Gasteiger partial charge in [0.25, 0.3) is 5.56 Å². The van der Waals surface area contributed by atoms with Crippen LogP contribution >= 0.6 is 0 Å². The molecule has 2 N–H and O–H groups in total. The van der Waals surface area contributed by atoms with Crippen molar-refractivity contribution in [1.82, 2.24) is 15.3 Å². The van der Waals surface area contributed by atoms with Crippen LogP contribution in [0.4, 0.5) is 4.39 Å². The minimum Gasteiger partial charge on any atom is -0.350 e. The third-order valence-corrected chi connectivity index (χ3v) is 4.68. The van der Waals surface area contributed by atoms with Crippen molar-refractivity contribution in [2.75, 3.05) is 0 Å². The number of carbonyl (C=O) groups excluding carboxylic acids is 1. The topological polar surface area (TPSA) is 74.8 Å². The molecule has 0 unspecified atom stereocenters. The van der Waals surface area contributed by atoms with E-state index in [-0.39, 0.29) is 17.5 Å². The second-order valence-corrected chi connectivity index (χ2v) is 6.59. The van der Waals surface area contributed by atoms with Crippen LogP contribution in [-0.4, -0.2) is 21.9 Å². The molecule has 1 saturated heterocycles. The van der Waals surface area contributed by atoms with Crippen LogP contribution < -0.4 is 10.9 Å². The maximum atomic E-state index is 13.2. The lowest BCUT2D eigenvalue weighted by Gasteiger charge is -2.12. The van der Waals surface area contributed by atoms with E-state index in [4.69, 9.17) is 0 Å². The molecule has 1 amide bonds. The third kappa shape index (κ3) is 3.38. The Morgan fingerprint density at radius 1 is 1.16 bits per heavy atom. The fraction of sp³-hybridized carbons (Fsp3) is 0.316. The van der Waals surface area contributed by atoms with Crippen LogP contribution in [0.3, 0.4) is 0 Å². The Morgan fingerprint density at radius 3 is 2.60 bits per heavy atom. The minimum absolute atomic E-state index is 0.00964. The van der Waals surface area contributed by atoms with E-state index < -0.39 is 5.95 Å². The molecule has 1 atom stereocenters. The van der Waals surface area contributed by atoms with Crippen molar-refractivity contribution in [3.8, 4) is 0 Å². The number of H-pyrrole nitrogens is 1. The Balaban J connectivity index is 1.75. The molecule has 128 valence electrons. The fourth-order valence-electron chi connectivity index (χ4n) is 3.20. The molecule has 1 saturated carbocycles. The molecule has 0 radical (unpaired) electrons. The summed E-state index contributed by atoms with van der Waals surface area (Å²) in [6.45, 7) is 0. The normalized spacial score (nSPS) is 20.6. The van der Waals surface area contributed by atoms with E-state index in [2.05, 4.69) is 15.3 Å². The van der Waals surface area contributed by atoms with Crippen LogP contribution in [0.25, 0.3) is 5.57 Å². The Morgan fingerprint density at radius 2 is 2.00 bits per heavy atom. The highest BCUT2D eigenvalue weighted by Gasteiger charge is 2.26. The van der Waals surface area contributed by atoms with Gasteiger partial charge in [-0.3, -0.25) is 9.59 Å². The van der Waals surface area contributed by atoms with Crippen LogP contribution in [-0.2, 0) is 4.79 Å². The lowest BCUT2D eigenvalue weighted by atomic mass is 9.99. The maximum absolute atomic E-state index is 13.2. The summed E-state index contributed by atoms with van der Waals surface area (Å²) in [6.07, 6.45) is 6.63. The van der Waals surface area contributed by atoms with E-state index in [1.54, 1.807) is 6.07 Å². The molecule has 0 bridgehead atoms. The van der Waals surface area contributed by atoms with Crippen LogP contribution in [0, 0.1) is 5.95 Å². The lowest BCUT2D eigenvalue weighted by molar-refractivity contribution is -0.119. The van der Waals surface area contributed by atoms with Gasteiger partial charge in [0.2, 0.25) is 11.9 Å². The predicted octanol–water partition coefficient (Wildman–Crippen LogP) is 2.50. The van der Waals surface area contributed by atoms with Crippen LogP contribution in [0.15, 0.2) is 41.3 Å². The number of aromatic amines is 1. The SMILES string of the molecule is O=C1CC[C@H](C=C(c2ccc(F)nc2)c2ccc(C3CC3)c(=O)[nH]2)N1. The highest BCUT2D eigenvalue weighted by atomic mass is 19.1. The highest BCUT2D eigenvalue weighted by Crippen LogP contribution is 2.38. The summed E-state index contributed by atoms with van der Waals surface area (Å²) >= 11 is 0. The number of pyridine rings is 2. The van der Waals surface area contributed by atoms with Crippen molar-refractivity contribution in [3.63, 3.8) is 0 Å². The van der Waals surface area contributed by atoms with Gasteiger partial charge in [-0.2, -0.15) is 4.39 Å². The number of aromatic nitrogens is 2. The van der Waals surface area contributed by atoms with Crippen LogP contribution in [0.2, 0.25) is 0 Å². The number of nitrogens with one attached hydrogen (secondary N) is 2. The van der Waals surface area contributed by atoms with Crippen LogP contribution in [0.5, 0.6) is 0 Å². The molecule has 1 aliphatic heterocycles. The quantitative estimate of drug-likeness (QED) is 0.841. The summed E-state index contributed by atoms with van der Waals surface area (Å²) in [6, 6.07) is 6.54. The number of hydrogen-bond donors (Lipinski definition) is 2. The smallest absolute Gasteiger partial charge is 0.251 e. The van der Waals surface area contributed by atoms with Crippen molar-refractivity contribution in [2.24, 2.45) is 0 Å². The summed E-state index contributed by atoms with van der Waals surface area (Å²) < 4.78 is 13.2. The molecule has 5 nitrogen and oxygen atoms in total. The molecular formula is C19H18FN3O2. The molecular weight excluding hydrogens is 321 g/mol. The third-order valence-electron chi connectivity index (χ3n) is 4.68. The monoisotopic (exact) mass is 339 g/mol. The van der Waals surface area contributed by atoms with E-state index in [0.717, 1.165) is 24.0 Å². The molecule has 1 aliphatic carbocycles. The van der Waals surface area contributed by atoms with Gasteiger partial charge in [0.05, 0.1) is 0 Å². The molecule has 2 aliphatic rings. The van der Waals surface area contributed by atoms with Gasteiger partial charge in [-0.05, 0) is 43.4 Å². The predicted molar refractivity (Wildman–Crippen MR) is 91.5 cm³/mol. The van der Waals surface area contributed by atoms with Gasteiger partial charge in [-0.15, -0.1) is 0 Å². The average Bonchev–Trinajstić information content (AvgIpc) is 3.35. The molecule has 2 aromatic heterocycles. The summed E-state index contributed by atoms with van der Waals surface area (Å²) in [7, 11) is 0. The molecule has 6 heteroatoms. The molecule has 25 heavy (non-hydrogen) atoms. The second-order valence-electron chi connectivity index (χ2n) is 6.59. The average molecular weight is 339 g/mol. The molecule has 3 heterocycles. The lowest BCUT2D eigenvalue weighted by Crippen LogP contribution is -2.23. The number of nitrogens with zero attached hydrogens (tertiary/aromatic N) is 1. The zero-order valence-electron chi connectivity index (χ0n) is 13.6. The van der Waals surface area contributed by atoms with Crippen molar-refractivity contribution < 1.29 is 9.18 Å². The first-order chi connectivity index (χ1) is 12.1. The van der Waals surface area contributed by atoms with Gasteiger partial charge in [-0.1, -0.05) is 12.1 Å². The van der Waals surface area contributed by atoms with E-state index >= 15 is 0 Å².